The number of nitrogens with zero attached hydrogens (tertiary/aromatic N) is 2. The molecule has 0 saturated heterocycles. The van der Waals surface area contributed by atoms with Crippen LogP contribution in [0.2, 0.25) is 5.02 Å². The average Bonchev–Trinajstić information content (AvgIpc) is 2.46. The van der Waals surface area contributed by atoms with E-state index < -0.39 is 0 Å². The van der Waals surface area contributed by atoms with Crippen LogP contribution in [-0.2, 0) is 6.42 Å². The molecule has 0 radical (unpaired) electrons. The Balaban J connectivity index is 2.16. The van der Waals surface area contributed by atoms with Crippen LogP contribution in [0.1, 0.15) is 17.3 Å². The Morgan fingerprint density at radius 3 is 2.63 bits per heavy atom. The molecule has 1 aromatic carbocycles. The molecule has 0 spiro atoms. The molecule has 100 valence electrons. The van der Waals surface area contributed by atoms with E-state index in [9.17, 15) is 0 Å². The van der Waals surface area contributed by atoms with Crippen LogP contribution < -0.4 is 10.1 Å². The van der Waals surface area contributed by atoms with Gasteiger partial charge in [0, 0.05) is 29.2 Å². The summed E-state index contributed by atoms with van der Waals surface area (Å²) in [5.74, 6) is 0.580. The van der Waals surface area contributed by atoms with E-state index in [1.807, 2.05) is 37.4 Å². The van der Waals surface area contributed by atoms with Gasteiger partial charge in [-0.05, 0) is 24.7 Å². The molecule has 0 amide bonds. The molecular formula is C14H16ClN3O. The van der Waals surface area contributed by atoms with Gasteiger partial charge in [-0.2, -0.15) is 0 Å². The van der Waals surface area contributed by atoms with E-state index in [1.54, 1.807) is 7.11 Å². The minimum absolute atomic E-state index is 0.178. The monoisotopic (exact) mass is 277 g/mol. The van der Waals surface area contributed by atoms with Crippen molar-refractivity contribution >= 4 is 11.6 Å². The summed E-state index contributed by atoms with van der Waals surface area (Å²) in [6.45, 7) is 0. The molecule has 0 aliphatic rings. The van der Waals surface area contributed by atoms with Gasteiger partial charge in [0.1, 0.15) is 6.33 Å². The molecule has 1 unspecified atom stereocenters. The number of benzene rings is 1. The van der Waals surface area contributed by atoms with Gasteiger partial charge in [0.15, 0.2) is 0 Å². The first-order valence-corrected chi connectivity index (χ1v) is 6.38. The van der Waals surface area contributed by atoms with Crippen LogP contribution >= 0.6 is 11.6 Å². The van der Waals surface area contributed by atoms with Crippen molar-refractivity contribution < 1.29 is 4.74 Å². The predicted octanol–water partition coefficient (Wildman–Crippen LogP) is 2.64. The summed E-state index contributed by atoms with van der Waals surface area (Å²) in [6.07, 6.45) is 2.28. The molecular weight excluding hydrogens is 262 g/mol. The molecule has 0 aliphatic heterocycles. The number of aromatic nitrogens is 2. The second kappa shape index (κ2) is 6.50. The fraction of sp³-hybridized carbons (Fsp3) is 0.286. The van der Waals surface area contributed by atoms with Crippen molar-refractivity contribution in [1.82, 2.24) is 15.3 Å². The van der Waals surface area contributed by atoms with Crippen molar-refractivity contribution in [1.29, 1.82) is 0 Å². The quantitative estimate of drug-likeness (QED) is 0.913. The smallest absolute Gasteiger partial charge is 0.216 e. The SMILES string of the molecule is CNC(Cc1cc(OC)ncn1)c1ccc(Cl)cc1. The molecule has 1 heterocycles. The summed E-state index contributed by atoms with van der Waals surface area (Å²) in [6, 6.07) is 9.84. The summed E-state index contributed by atoms with van der Waals surface area (Å²) in [4.78, 5) is 8.27. The lowest BCUT2D eigenvalue weighted by atomic mass is 10.0. The van der Waals surface area contributed by atoms with Gasteiger partial charge in [0.05, 0.1) is 7.11 Å². The topological polar surface area (TPSA) is 47.0 Å². The van der Waals surface area contributed by atoms with E-state index >= 15 is 0 Å². The van der Waals surface area contributed by atoms with Crippen molar-refractivity contribution in [3.8, 4) is 5.88 Å². The fourth-order valence-electron chi connectivity index (χ4n) is 1.89. The third kappa shape index (κ3) is 3.66. The maximum Gasteiger partial charge on any atom is 0.216 e. The van der Waals surface area contributed by atoms with Crippen LogP contribution in [0, 0.1) is 0 Å². The Bertz CT molecular complexity index is 530. The van der Waals surface area contributed by atoms with E-state index in [1.165, 1.54) is 11.9 Å². The number of nitrogens with one attached hydrogen (secondary N) is 1. The summed E-state index contributed by atoms with van der Waals surface area (Å²) in [7, 11) is 3.53. The molecule has 4 nitrogen and oxygen atoms in total. The highest BCUT2D eigenvalue weighted by molar-refractivity contribution is 6.30. The van der Waals surface area contributed by atoms with Crippen molar-refractivity contribution in [2.24, 2.45) is 0 Å². The van der Waals surface area contributed by atoms with Crippen molar-refractivity contribution in [2.45, 2.75) is 12.5 Å². The highest BCUT2D eigenvalue weighted by Crippen LogP contribution is 2.20. The van der Waals surface area contributed by atoms with E-state index in [0.717, 1.165) is 17.1 Å². The fourth-order valence-corrected chi connectivity index (χ4v) is 2.02. The maximum atomic E-state index is 5.90. The summed E-state index contributed by atoms with van der Waals surface area (Å²) in [5.41, 5.74) is 2.10. The molecule has 19 heavy (non-hydrogen) atoms. The van der Waals surface area contributed by atoms with E-state index in [2.05, 4.69) is 15.3 Å². The second-order valence-corrected chi connectivity index (χ2v) is 4.59. The van der Waals surface area contributed by atoms with Gasteiger partial charge in [-0.1, -0.05) is 23.7 Å². The second-order valence-electron chi connectivity index (χ2n) is 4.15. The molecule has 1 aromatic heterocycles. The first kappa shape index (κ1) is 13.8. The summed E-state index contributed by atoms with van der Waals surface area (Å²) < 4.78 is 5.10. The Morgan fingerprint density at radius 2 is 2.00 bits per heavy atom. The van der Waals surface area contributed by atoms with Crippen molar-refractivity contribution in [3.63, 3.8) is 0 Å². The standard InChI is InChI=1S/C14H16ClN3O/c1-16-13(10-3-5-11(15)6-4-10)7-12-8-14(19-2)18-9-17-12/h3-6,8-9,13,16H,7H2,1-2H3. The Kier molecular flexibility index (Phi) is 4.71. The zero-order valence-corrected chi connectivity index (χ0v) is 11.7. The number of ether oxygens (including phenoxy) is 1. The highest BCUT2D eigenvalue weighted by Gasteiger charge is 2.11. The molecule has 0 fully saturated rings. The molecule has 0 bridgehead atoms. The zero-order valence-electron chi connectivity index (χ0n) is 10.9. The van der Waals surface area contributed by atoms with Crippen LogP contribution in [0.5, 0.6) is 5.88 Å². The molecule has 1 atom stereocenters. The van der Waals surface area contributed by atoms with Crippen molar-refractivity contribution in [3.05, 3.63) is 52.9 Å². The molecule has 2 rings (SSSR count). The van der Waals surface area contributed by atoms with Crippen LogP contribution in [0.3, 0.4) is 0 Å². The third-order valence-electron chi connectivity index (χ3n) is 2.94. The number of methoxy groups -OCH3 is 1. The molecule has 0 aliphatic carbocycles. The van der Waals surface area contributed by atoms with Crippen LogP contribution in [0.25, 0.3) is 0 Å². The predicted molar refractivity (Wildman–Crippen MR) is 75.5 cm³/mol. The molecule has 2 aromatic rings. The van der Waals surface area contributed by atoms with Crippen LogP contribution in [0.4, 0.5) is 0 Å². The van der Waals surface area contributed by atoms with Crippen LogP contribution in [0.15, 0.2) is 36.7 Å². The highest BCUT2D eigenvalue weighted by atomic mass is 35.5. The Hall–Kier alpha value is -1.65. The molecule has 0 saturated carbocycles. The lowest BCUT2D eigenvalue weighted by Gasteiger charge is -2.16. The number of hydrogen-bond donors (Lipinski definition) is 1. The third-order valence-corrected chi connectivity index (χ3v) is 3.19. The number of hydrogen-bond acceptors (Lipinski definition) is 4. The van der Waals surface area contributed by atoms with E-state index in [4.69, 9.17) is 16.3 Å². The Labute approximate surface area is 117 Å². The van der Waals surface area contributed by atoms with Gasteiger partial charge in [0.25, 0.3) is 0 Å². The number of halogens is 1. The lowest BCUT2D eigenvalue weighted by Crippen LogP contribution is -2.19. The van der Waals surface area contributed by atoms with Gasteiger partial charge >= 0.3 is 0 Å². The minimum atomic E-state index is 0.178. The number of likely N-dealkylation sites (N-methyl/N-ethyl adjacent to an activating group) is 1. The van der Waals surface area contributed by atoms with Gasteiger partial charge in [-0.25, -0.2) is 9.97 Å². The van der Waals surface area contributed by atoms with E-state index in [0.29, 0.717) is 5.88 Å². The molecule has 1 N–H and O–H groups in total. The number of rotatable bonds is 5. The van der Waals surface area contributed by atoms with Gasteiger partial charge < -0.3 is 10.1 Å². The van der Waals surface area contributed by atoms with Gasteiger partial charge in [-0.3, -0.25) is 0 Å². The first-order chi connectivity index (χ1) is 9.22. The first-order valence-electron chi connectivity index (χ1n) is 6.00. The van der Waals surface area contributed by atoms with Gasteiger partial charge in [-0.15, -0.1) is 0 Å². The lowest BCUT2D eigenvalue weighted by molar-refractivity contribution is 0.395. The molecule has 5 heteroatoms. The summed E-state index contributed by atoms with van der Waals surface area (Å²) in [5, 5.41) is 4.02. The van der Waals surface area contributed by atoms with Gasteiger partial charge in [0.2, 0.25) is 5.88 Å². The van der Waals surface area contributed by atoms with Crippen molar-refractivity contribution in [2.75, 3.05) is 14.2 Å². The average molecular weight is 278 g/mol. The normalized spacial score (nSPS) is 12.2. The summed E-state index contributed by atoms with van der Waals surface area (Å²) >= 11 is 5.90. The Morgan fingerprint density at radius 1 is 1.26 bits per heavy atom. The van der Waals surface area contributed by atoms with Crippen LogP contribution in [-0.4, -0.2) is 24.1 Å². The largest absolute Gasteiger partial charge is 0.481 e. The van der Waals surface area contributed by atoms with E-state index in [-0.39, 0.29) is 6.04 Å². The maximum absolute atomic E-state index is 5.90. The zero-order chi connectivity index (χ0) is 13.7. The minimum Gasteiger partial charge on any atom is -0.481 e.